The van der Waals surface area contributed by atoms with Crippen molar-refractivity contribution in [3.05, 3.63) is 187 Å². The molecule has 3 heterocycles. The molecule has 46 heavy (non-hydrogen) atoms. The van der Waals surface area contributed by atoms with Gasteiger partial charge in [0.05, 0.1) is 0 Å². The molecule has 0 atom stereocenters. The summed E-state index contributed by atoms with van der Waals surface area (Å²) >= 11 is 0. The third-order valence-corrected chi connectivity index (χ3v) is 6.95. The van der Waals surface area contributed by atoms with Gasteiger partial charge in [0.2, 0.25) is 0 Å². The third-order valence-electron chi connectivity index (χ3n) is 6.95. The van der Waals surface area contributed by atoms with Crippen molar-refractivity contribution in [1.82, 2.24) is 15.0 Å². The normalized spacial score (nSPS) is 9.89. The van der Waals surface area contributed by atoms with Gasteiger partial charge in [-0.25, -0.2) is 0 Å². The van der Waals surface area contributed by atoms with E-state index in [1.807, 2.05) is 135 Å². The molecule has 3 nitrogen and oxygen atoms in total. The predicted octanol–water partition coefficient (Wildman–Crippen LogP) is 10.2. The van der Waals surface area contributed by atoms with Crippen LogP contribution in [0.3, 0.4) is 0 Å². The summed E-state index contributed by atoms with van der Waals surface area (Å²) in [4.78, 5) is 13.4. The molecule has 4 heteroatoms. The molecule has 0 amide bonds. The Hall–Kier alpha value is -5.02. The van der Waals surface area contributed by atoms with Crippen molar-refractivity contribution in [2.45, 2.75) is 20.8 Å². The molecule has 0 radical (unpaired) electrons. The average molecular weight is 773 g/mol. The van der Waals surface area contributed by atoms with Gasteiger partial charge in [-0.05, 0) is 66.7 Å². The maximum Gasteiger partial charge on any atom is 3.00 e. The van der Waals surface area contributed by atoms with E-state index >= 15 is 0 Å². The van der Waals surface area contributed by atoms with E-state index in [2.05, 4.69) is 70.4 Å². The molecule has 0 fully saturated rings. The van der Waals surface area contributed by atoms with Crippen LogP contribution in [0.5, 0.6) is 0 Å². The molecule has 7 aromatic rings. The second-order valence-electron chi connectivity index (χ2n) is 10.4. The zero-order chi connectivity index (χ0) is 31.3. The summed E-state index contributed by atoms with van der Waals surface area (Å²) in [6.07, 6.45) is 1.93. The van der Waals surface area contributed by atoms with E-state index in [-0.39, 0.29) is 20.1 Å². The number of pyridine rings is 3. The van der Waals surface area contributed by atoms with Crippen LogP contribution in [0.15, 0.2) is 152 Å². The SMILES string of the molecule is Cc1cccc(-c2[c-]cccc2)n1.Cc1cccc(-c2[c-]cccc2)n1.Cc1ccccc1-c1ccc(-c2[c-]cccc2)nc1.[Ir+3]. The Balaban J connectivity index is 0.000000159. The van der Waals surface area contributed by atoms with Crippen LogP contribution >= 0.6 is 0 Å². The number of hydrogen-bond donors (Lipinski definition) is 0. The monoisotopic (exact) mass is 773 g/mol. The van der Waals surface area contributed by atoms with Gasteiger partial charge in [-0.3, -0.25) is 0 Å². The standard InChI is InChI=1S/C18H14N.2C12H10N.Ir/c1-14-7-5-6-10-17(14)16-11-12-18(19-13-16)15-8-3-2-4-9-15;2*1-10-6-5-9-12(13-10)11-7-3-2-4-8-11;/h2-8,10-13H,1H3;2*2-7,9H,1H3;/q3*-1;+3. The van der Waals surface area contributed by atoms with Gasteiger partial charge in [0.1, 0.15) is 0 Å². The summed E-state index contributed by atoms with van der Waals surface area (Å²) in [7, 11) is 0. The molecule has 3 aromatic heterocycles. The average Bonchev–Trinajstić information content (AvgIpc) is 3.10. The molecule has 0 aliphatic rings. The van der Waals surface area contributed by atoms with Gasteiger partial charge in [0.15, 0.2) is 0 Å². The first kappa shape index (κ1) is 33.9. The topological polar surface area (TPSA) is 38.7 Å². The first-order valence-electron chi connectivity index (χ1n) is 14.9. The summed E-state index contributed by atoms with van der Waals surface area (Å²) in [5, 5.41) is 0. The molecule has 226 valence electrons. The van der Waals surface area contributed by atoms with E-state index in [1.165, 1.54) is 11.1 Å². The van der Waals surface area contributed by atoms with E-state index < -0.39 is 0 Å². The Morgan fingerprint density at radius 3 is 1.33 bits per heavy atom. The molecule has 0 spiro atoms. The summed E-state index contributed by atoms with van der Waals surface area (Å²) in [6.45, 7) is 6.10. The van der Waals surface area contributed by atoms with Crippen LogP contribution in [0.4, 0.5) is 0 Å². The Morgan fingerprint density at radius 2 is 0.913 bits per heavy atom. The Labute approximate surface area is 286 Å². The third kappa shape index (κ3) is 9.74. The molecular formula is C42H34IrN3. The van der Waals surface area contributed by atoms with Crippen LogP contribution in [0.25, 0.3) is 44.9 Å². The number of nitrogens with zero attached hydrogens (tertiary/aromatic N) is 3. The van der Waals surface area contributed by atoms with Crippen LogP contribution in [0.1, 0.15) is 17.0 Å². The Morgan fingerprint density at radius 1 is 0.435 bits per heavy atom. The van der Waals surface area contributed by atoms with Crippen molar-refractivity contribution < 1.29 is 20.1 Å². The Bertz CT molecular complexity index is 1830. The molecule has 0 N–H and O–H groups in total. The number of rotatable bonds is 4. The van der Waals surface area contributed by atoms with Gasteiger partial charge >= 0.3 is 20.1 Å². The molecule has 0 aliphatic carbocycles. The fraction of sp³-hybridized carbons (Fsp3) is 0.0714. The first-order chi connectivity index (χ1) is 22.1. The molecule has 0 aliphatic heterocycles. The minimum absolute atomic E-state index is 0. The minimum atomic E-state index is 0. The number of hydrogen-bond acceptors (Lipinski definition) is 3. The van der Waals surface area contributed by atoms with E-state index in [4.69, 9.17) is 0 Å². The molecule has 0 saturated carbocycles. The van der Waals surface area contributed by atoms with Crippen molar-refractivity contribution in [3.63, 3.8) is 0 Å². The first-order valence-corrected chi connectivity index (χ1v) is 14.9. The summed E-state index contributed by atoms with van der Waals surface area (Å²) < 4.78 is 0. The molecular weight excluding hydrogens is 739 g/mol. The minimum Gasteiger partial charge on any atom is -0.304 e. The van der Waals surface area contributed by atoms with Gasteiger partial charge in [-0.1, -0.05) is 60.7 Å². The smallest absolute Gasteiger partial charge is 0.304 e. The second kappa shape index (κ2) is 17.5. The van der Waals surface area contributed by atoms with E-state index in [1.54, 1.807) is 0 Å². The molecule has 4 aromatic carbocycles. The largest absolute Gasteiger partial charge is 3.00 e. The summed E-state index contributed by atoms with van der Waals surface area (Å²) in [5.41, 5.74) is 11.8. The van der Waals surface area contributed by atoms with Gasteiger partial charge in [0, 0.05) is 17.6 Å². The Kier molecular flexibility index (Phi) is 12.9. The van der Waals surface area contributed by atoms with Crippen molar-refractivity contribution in [3.8, 4) is 44.9 Å². The van der Waals surface area contributed by atoms with Crippen LogP contribution < -0.4 is 0 Å². The van der Waals surface area contributed by atoms with Crippen LogP contribution in [0, 0.1) is 39.0 Å². The van der Waals surface area contributed by atoms with E-state index in [9.17, 15) is 0 Å². The van der Waals surface area contributed by atoms with Crippen molar-refractivity contribution in [2.75, 3.05) is 0 Å². The number of aryl methyl sites for hydroxylation is 3. The van der Waals surface area contributed by atoms with Crippen molar-refractivity contribution in [2.24, 2.45) is 0 Å². The molecule has 0 saturated heterocycles. The predicted molar refractivity (Wildman–Crippen MR) is 185 cm³/mol. The number of aromatic nitrogens is 3. The summed E-state index contributed by atoms with van der Waals surface area (Å²) in [5.74, 6) is 0. The summed E-state index contributed by atoms with van der Waals surface area (Å²) in [6, 6.07) is 57.7. The van der Waals surface area contributed by atoms with Crippen molar-refractivity contribution >= 4 is 0 Å². The van der Waals surface area contributed by atoms with Gasteiger partial charge < -0.3 is 15.0 Å². The van der Waals surface area contributed by atoms with Gasteiger partial charge in [0.25, 0.3) is 0 Å². The van der Waals surface area contributed by atoms with Gasteiger partial charge in [-0.2, -0.15) is 0 Å². The quantitative estimate of drug-likeness (QED) is 0.167. The molecule has 0 unspecified atom stereocenters. The zero-order valence-corrected chi connectivity index (χ0v) is 28.5. The fourth-order valence-corrected chi connectivity index (χ4v) is 4.65. The van der Waals surface area contributed by atoms with Crippen LogP contribution in [0.2, 0.25) is 0 Å². The molecule has 7 rings (SSSR count). The maximum atomic E-state index is 4.54. The van der Waals surface area contributed by atoms with Gasteiger partial charge in [-0.15, -0.1) is 108 Å². The number of benzene rings is 4. The van der Waals surface area contributed by atoms with Crippen LogP contribution in [-0.2, 0) is 20.1 Å². The maximum absolute atomic E-state index is 4.54. The van der Waals surface area contributed by atoms with Crippen LogP contribution in [-0.4, -0.2) is 15.0 Å². The zero-order valence-electron chi connectivity index (χ0n) is 26.1. The van der Waals surface area contributed by atoms with E-state index in [0.717, 1.165) is 50.7 Å². The van der Waals surface area contributed by atoms with Crippen molar-refractivity contribution in [1.29, 1.82) is 0 Å². The van der Waals surface area contributed by atoms with E-state index in [0.29, 0.717) is 0 Å². The molecule has 0 bridgehead atoms. The second-order valence-corrected chi connectivity index (χ2v) is 10.4. The fourth-order valence-electron chi connectivity index (χ4n) is 4.65.